The van der Waals surface area contributed by atoms with Crippen LogP contribution < -0.4 is 46.8 Å². The molecule has 29 heteroatoms. The topological polar surface area (TPSA) is 304 Å². The number of para-hydroxylation sites is 1. The summed E-state index contributed by atoms with van der Waals surface area (Å²) in [6.07, 6.45) is 0.774. The molecular weight excluding hydrogens is 1840 g/mol. The Morgan fingerprint density at radius 3 is 1.01 bits per heavy atom. The van der Waals surface area contributed by atoms with Crippen LogP contribution in [-0.2, 0) is 62.4 Å². The quantitative estimate of drug-likeness (QED) is 0.0168. The van der Waals surface area contributed by atoms with E-state index < -0.39 is 99.2 Å². The van der Waals surface area contributed by atoms with E-state index in [1.165, 1.54) is 45.3 Å². The normalized spacial score (nSPS) is 13.4. The molecule has 0 unspecified atom stereocenters. The summed E-state index contributed by atoms with van der Waals surface area (Å²) in [6.45, 7) is 42.8. The van der Waals surface area contributed by atoms with E-state index in [1.807, 2.05) is 191 Å². The lowest BCUT2D eigenvalue weighted by molar-refractivity contribution is -0.143. The Balaban J connectivity index is 0.000000283. The number of rotatable bonds is 24. The highest BCUT2D eigenvalue weighted by molar-refractivity contribution is 7.35. The SMILES string of the molecule is CC(C)(C)[Si](CCC(=O)O)(c1ccccc1)c1ccccc1.CC(C)(C)[Si](Cl)(c1ccccc1)c1ccccc1.CC(C)(C)[Si](OCC(=O)O)(c1ccccc1)c1ccccc1.CC(C)(C)[Si](OCC(=O)O[Si](C)(C)C)(c1ccccc1)c1ccccc1.COC(=O)c1ccc([C@@H]2N[C@H](C(=O)OC)Cc3c2[nH]c2ccccc32)cc1.C[Si](C)(C)Cl.C[Si](C)(C)OC(=O)CO.O=C(O)CO. The Bertz CT molecular complexity index is 5160. The third-order valence-electron chi connectivity index (χ3n) is 21.7. The van der Waals surface area contributed by atoms with Gasteiger partial charge in [-0.1, -0.05) is 386 Å². The molecule has 2 atom stereocenters. The number of H-pyrrole nitrogens is 1. The minimum absolute atomic E-state index is 0.0163. The molecule has 10 aromatic carbocycles. The maximum absolute atomic E-state index is 12.4. The maximum Gasteiger partial charge on any atom is 0.337 e. The number of aliphatic hydroxyl groups is 2. The van der Waals surface area contributed by atoms with Crippen molar-refractivity contribution in [2.24, 2.45) is 0 Å². The summed E-state index contributed by atoms with van der Waals surface area (Å²) in [5, 5.41) is 55.6. The minimum Gasteiger partial charge on any atom is -0.518 e. The first-order valence-corrected chi connectivity index (χ1v) is 65.0. The molecule has 0 spiro atoms. The smallest absolute Gasteiger partial charge is 0.337 e. The summed E-state index contributed by atoms with van der Waals surface area (Å²) >= 11 is 12.9. The zero-order chi connectivity index (χ0) is 100. The van der Waals surface area contributed by atoms with Crippen LogP contribution in [0, 0.1) is 0 Å². The van der Waals surface area contributed by atoms with E-state index in [-0.39, 0.29) is 63.7 Å². The van der Waals surface area contributed by atoms with Gasteiger partial charge in [0, 0.05) is 29.4 Å². The third-order valence-corrected chi connectivity index (χ3v) is 46.9. The molecule has 1 aromatic heterocycles. The largest absolute Gasteiger partial charge is 0.518 e. The molecular formula is C105H140Cl2N2O18Si7. The molecule has 1 aliphatic rings. The number of carboxylic acid groups (broad SMARTS) is 3. The third kappa shape index (κ3) is 33.4. The number of aliphatic hydroxyl groups excluding tert-OH is 2. The van der Waals surface area contributed by atoms with Crippen LogP contribution in [0.4, 0.5) is 0 Å². The Morgan fingerprint density at radius 2 is 0.716 bits per heavy atom. The van der Waals surface area contributed by atoms with E-state index in [2.05, 4.69) is 240 Å². The highest BCUT2D eigenvalue weighted by Gasteiger charge is 2.53. The monoisotopic (exact) mass is 1980 g/mol. The molecule has 12 rings (SSSR count). The molecule has 0 aliphatic carbocycles. The number of carboxylic acids is 3. The average molecular weight is 1990 g/mol. The molecule has 20 nitrogen and oxygen atoms in total. The molecule has 11 aromatic rings. The molecule has 0 amide bonds. The molecule has 0 radical (unpaired) electrons. The molecule has 7 N–H and O–H groups in total. The van der Waals surface area contributed by atoms with Gasteiger partial charge in [-0.25, -0.2) is 14.4 Å². The van der Waals surface area contributed by atoms with E-state index >= 15 is 0 Å². The first-order chi connectivity index (χ1) is 62.6. The van der Waals surface area contributed by atoms with Crippen molar-refractivity contribution in [2.75, 3.05) is 40.6 Å². The number of esters is 2. The minimum atomic E-state index is -2.69. The molecule has 0 bridgehead atoms. The van der Waals surface area contributed by atoms with Crippen molar-refractivity contribution in [1.29, 1.82) is 0 Å². The lowest BCUT2D eigenvalue weighted by atomic mass is 9.90. The number of carbonyl (C=O) groups excluding carboxylic acids is 4. The summed E-state index contributed by atoms with van der Waals surface area (Å²) in [6, 6.07) is 98.1. The Hall–Kier alpha value is -10.1. The van der Waals surface area contributed by atoms with Gasteiger partial charge < -0.3 is 57.7 Å². The summed E-state index contributed by atoms with van der Waals surface area (Å²) in [5.74, 6) is -4.30. The van der Waals surface area contributed by atoms with Crippen molar-refractivity contribution >= 4 is 172 Å². The summed E-state index contributed by atoms with van der Waals surface area (Å²) < 4.78 is 32.9. The van der Waals surface area contributed by atoms with Crippen molar-refractivity contribution in [3.8, 4) is 0 Å². The van der Waals surface area contributed by atoms with Gasteiger partial charge in [0.05, 0.1) is 25.8 Å². The predicted molar refractivity (Wildman–Crippen MR) is 563 cm³/mol. The van der Waals surface area contributed by atoms with Crippen molar-refractivity contribution in [3.05, 3.63) is 314 Å². The van der Waals surface area contributed by atoms with Crippen LogP contribution in [0.5, 0.6) is 0 Å². The van der Waals surface area contributed by atoms with Crippen molar-refractivity contribution in [1.82, 2.24) is 10.3 Å². The number of nitrogens with one attached hydrogen (secondary N) is 2. The van der Waals surface area contributed by atoms with Gasteiger partial charge in [-0.3, -0.25) is 24.5 Å². The zero-order valence-electron chi connectivity index (χ0n) is 82.1. The molecule has 0 saturated heterocycles. The van der Waals surface area contributed by atoms with Gasteiger partial charge in [0.25, 0.3) is 16.6 Å². The van der Waals surface area contributed by atoms with Crippen LogP contribution in [0.2, 0.25) is 85.1 Å². The van der Waals surface area contributed by atoms with Gasteiger partial charge in [-0.2, -0.15) is 22.2 Å². The number of aromatic nitrogens is 1. The van der Waals surface area contributed by atoms with Crippen LogP contribution in [0.3, 0.4) is 0 Å². The molecule has 134 heavy (non-hydrogen) atoms. The van der Waals surface area contributed by atoms with Crippen molar-refractivity contribution in [3.63, 3.8) is 0 Å². The van der Waals surface area contributed by atoms with E-state index in [0.717, 1.165) is 44.1 Å². The van der Waals surface area contributed by atoms with E-state index in [0.29, 0.717) is 12.0 Å². The van der Waals surface area contributed by atoms with E-state index in [1.54, 1.807) is 12.1 Å². The number of benzene rings is 10. The van der Waals surface area contributed by atoms with Crippen molar-refractivity contribution in [2.45, 2.75) is 193 Å². The molecule has 1 aliphatic heterocycles. The fourth-order valence-electron chi connectivity index (χ4n) is 16.1. The lowest BCUT2D eigenvalue weighted by Gasteiger charge is -2.44. The zero-order valence-corrected chi connectivity index (χ0v) is 90.6. The number of aliphatic carboxylic acids is 3. The van der Waals surface area contributed by atoms with Gasteiger partial charge >= 0.3 is 41.8 Å². The summed E-state index contributed by atoms with van der Waals surface area (Å²) in [4.78, 5) is 81.7. The average Bonchev–Trinajstić information content (AvgIpc) is 1.15. The molecule has 0 saturated carbocycles. The second-order valence-electron chi connectivity index (χ2n) is 39.2. The van der Waals surface area contributed by atoms with Gasteiger partial charge in [-0.05, 0) is 126 Å². The van der Waals surface area contributed by atoms with Gasteiger partial charge in [0.1, 0.15) is 47.9 Å². The Kier molecular flexibility index (Phi) is 44.2. The maximum atomic E-state index is 12.4. The number of aromatic amines is 1. The van der Waals surface area contributed by atoms with Crippen LogP contribution in [0.25, 0.3) is 10.9 Å². The Labute approximate surface area is 810 Å². The van der Waals surface area contributed by atoms with Crippen LogP contribution in [0.15, 0.2) is 291 Å². The summed E-state index contributed by atoms with van der Waals surface area (Å²) in [7, 11) is -11.9. The molecule has 2 heterocycles. The molecule has 0 fully saturated rings. The second-order valence-corrected chi connectivity index (χ2v) is 74.9. The standard InChI is InChI=1S/C21H20N2O4.C21H30O3Si2.C19H24O2Si.C18H22O3Si.C16H19ClSi.C5H12O3Si.C3H9ClSi.C2H4O3/c1-26-20(24)13-9-7-12(8-10-13)18-19-15(11-17(23-18)21(25)27-2)14-5-3-4-6-16(14)22-19;1-21(2,3)26(18-13-9-7-10-14-18,19-15-11-8-12-16-19)23-17-20(22)24-25(4,5)6;1-19(2,3)22(15-14-18(20)21,16-10-6-4-7-11-16)17-12-8-5-9-13-17;1-18(2,3)22(21-14-17(19)20,15-10-6-4-7-11-15)16-12-8-5-9-13-16;1-16(2,3)18(17,14-10-6-4-7-11-14)15-12-8-5-9-13-15;1-9(2,3)8-5(7)4-6;1-5(2,3)4;3-1-2(4)5/h3-10,17-18,22-23H,11H2,1-2H3;7-16H,17H2,1-6H3;4-13H,14-15H2,1-3H3,(H,20,21);4-13H,14H2,1-3H3,(H,19,20);4-13H,1-3H3;6H,4H2,1-3H3;1-3H3;3H,1H2,(H,4,5)/t17-,18-;;;;;;;/m0......./s1. The number of fused-ring (bicyclic) bond motifs is 3. The number of ether oxygens (including phenoxy) is 2. The van der Waals surface area contributed by atoms with Gasteiger partial charge in [0.15, 0.2) is 0 Å². The van der Waals surface area contributed by atoms with Gasteiger partial charge in [-0.15, -0.1) is 0 Å². The van der Waals surface area contributed by atoms with Gasteiger partial charge in [0.2, 0.25) is 24.0 Å². The number of hydrogen-bond donors (Lipinski definition) is 7. The van der Waals surface area contributed by atoms with E-state index in [9.17, 15) is 33.9 Å². The Morgan fingerprint density at radius 1 is 0.388 bits per heavy atom. The first-order valence-electron chi connectivity index (χ1n) is 44.6. The highest BCUT2D eigenvalue weighted by atomic mass is 35.6. The predicted octanol–water partition coefficient (Wildman–Crippen LogP) is 18.1. The van der Waals surface area contributed by atoms with Crippen LogP contribution in [0.1, 0.15) is 123 Å². The number of carbonyl (C=O) groups is 7. The highest BCUT2D eigenvalue weighted by Crippen LogP contribution is 2.43. The number of hydrogen-bond acceptors (Lipinski definition) is 16. The number of halogens is 2. The van der Waals surface area contributed by atoms with Crippen molar-refractivity contribution < 1.29 is 86.3 Å². The van der Waals surface area contributed by atoms with E-state index in [4.69, 9.17) is 74.6 Å². The fourth-order valence-corrected chi connectivity index (χ4v) is 36.2. The van der Waals surface area contributed by atoms with Crippen LogP contribution >= 0.6 is 22.2 Å². The summed E-state index contributed by atoms with van der Waals surface area (Å²) in [5.41, 5.74) is 4.61. The second kappa shape index (κ2) is 51.7. The van der Waals surface area contributed by atoms with Crippen LogP contribution in [-0.4, -0.2) is 175 Å². The lowest BCUT2D eigenvalue weighted by Crippen LogP contribution is -2.67. The molecule has 720 valence electrons. The fraction of sp³-hybridized carbons (Fsp3) is 0.343. The first kappa shape index (κ1) is 114. The number of methoxy groups -OCH3 is 2.